The van der Waals surface area contributed by atoms with E-state index in [-0.39, 0.29) is 6.92 Å². The number of hydrogen-bond acceptors (Lipinski definition) is 6. The lowest BCUT2D eigenvalue weighted by Gasteiger charge is -2.20. The molecule has 0 aromatic carbocycles. The second-order valence-corrected chi connectivity index (χ2v) is 5.66. The van der Waals surface area contributed by atoms with Gasteiger partial charge in [-0.3, -0.25) is 0 Å². The number of nitrogens with zero attached hydrogens (tertiary/aromatic N) is 1. The van der Waals surface area contributed by atoms with Gasteiger partial charge in [0.1, 0.15) is 0 Å². The van der Waals surface area contributed by atoms with E-state index in [1.54, 1.807) is 7.11 Å². The molecule has 0 saturated heterocycles. The van der Waals surface area contributed by atoms with E-state index in [0.29, 0.717) is 33.3 Å². The molecule has 0 aromatic rings. The van der Waals surface area contributed by atoms with Crippen molar-refractivity contribution in [2.45, 2.75) is 25.3 Å². The summed E-state index contributed by atoms with van der Waals surface area (Å²) in [6.45, 7) is 2.93. The van der Waals surface area contributed by atoms with Gasteiger partial charge in [0.15, 0.2) is 0 Å². The Labute approximate surface area is 175 Å². The zero-order chi connectivity index (χ0) is 20.8. The molecule has 0 atom stereocenters. The van der Waals surface area contributed by atoms with Crippen LogP contribution in [0.3, 0.4) is 0 Å². The van der Waals surface area contributed by atoms with Crippen molar-refractivity contribution >= 4 is 74.2 Å². The Balaban J connectivity index is 0. The SMILES string of the molecule is [B][B]OCCB(CCO[B][B])N(C)C.[B][B]OCCB(CCO[B][B])OC. The van der Waals surface area contributed by atoms with Crippen LogP contribution in [0.4, 0.5) is 0 Å². The monoisotopic (exact) mass is 361 g/mol. The molecule has 27 heavy (non-hydrogen) atoms. The third kappa shape index (κ3) is 22.6. The first-order valence-corrected chi connectivity index (χ1v) is 8.86. The molecule has 0 aliphatic carbocycles. The standard InChI is InChI=1S/C6H14B5NO2.C5H11B5O3/c1-12(2)11(3-5-13-9-7)4-6-14-10-8;1-11-10(2-4-12-8-6)3-5-13-9-7/h3-6H2,1-2H3;2-5H2,1H3. The van der Waals surface area contributed by atoms with Gasteiger partial charge in [-0.05, 0) is 39.4 Å². The average molecular weight is 359 g/mol. The molecule has 0 aliphatic heterocycles. The molecular formula is C11H25B10NO5. The summed E-state index contributed by atoms with van der Waals surface area (Å²) in [5.74, 6) is 0. The van der Waals surface area contributed by atoms with Crippen LogP contribution in [0.5, 0.6) is 0 Å². The van der Waals surface area contributed by atoms with Gasteiger partial charge in [-0.15, -0.1) is 0 Å². The molecular weight excluding hydrogens is 334 g/mol. The summed E-state index contributed by atoms with van der Waals surface area (Å²) < 4.78 is 24.9. The van der Waals surface area contributed by atoms with Crippen molar-refractivity contribution in [2.75, 3.05) is 47.6 Å². The summed E-state index contributed by atoms with van der Waals surface area (Å²) in [4.78, 5) is 2.14. The minimum absolute atomic E-state index is 0.125. The molecule has 0 heterocycles. The van der Waals surface area contributed by atoms with Gasteiger partial charge in [-0.25, -0.2) is 0 Å². The molecule has 6 nitrogen and oxygen atoms in total. The molecule has 0 spiro atoms. The van der Waals surface area contributed by atoms with Crippen LogP contribution in [0, 0.1) is 0 Å². The second-order valence-electron chi connectivity index (χ2n) is 5.66. The van der Waals surface area contributed by atoms with E-state index in [4.69, 9.17) is 54.2 Å². The smallest absolute Gasteiger partial charge is 0.297 e. The molecule has 0 bridgehead atoms. The number of rotatable bonds is 18. The minimum Gasteiger partial charge on any atom is -0.453 e. The normalized spacial score (nSPS) is 9.93. The van der Waals surface area contributed by atoms with Crippen LogP contribution in [0.15, 0.2) is 0 Å². The highest BCUT2D eigenvalue weighted by molar-refractivity contribution is 6.86. The topological polar surface area (TPSA) is 49.4 Å². The summed E-state index contributed by atoms with van der Waals surface area (Å²) in [6, 6.07) is 0. The van der Waals surface area contributed by atoms with Crippen LogP contribution in [-0.4, -0.2) is 127 Å². The fourth-order valence-electron chi connectivity index (χ4n) is 2.12. The molecule has 0 saturated carbocycles. The van der Waals surface area contributed by atoms with Gasteiger partial charge in [0.2, 0.25) is 36.3 Å². The summed E-state index contributed by atoms with van der Waals surface area (Å²) in [6.07, 6.45) is 3.43. The van der Waals surface area contributed by atoms with Crippen LogP contribution < -0.4 is 0 Å². The molecule has 0 unspecified atom stereocenters. The number of hydrogen-bond donors (Lipinski definition) is 0. The van der Waals surface area contributed by atoms with Crippen molar-refractivity contribution in [3.05, 3.63) is 0 Å². The summed E-state index contributed by atoms with van der Waals surface area (Å²) in [5, 5.41) is 0. The van der Waals surface area contributed by atoms with Crippen molar-refractivity contribution in [1.82, 2.24) is 4.81 Å². The van der Waals surface area contributed by atoms with E-state index >= 15 is 0 Å². The van der Waals surface area contributed by atoms with Gasteiger partial charge >= 0.3 is 0 Å². The first kappa shape index (κ1) is 29.6. The second kappa shape index (κ2) is 24.4. The van der Waals surface area contributed by atoms with Crippen LogP contribution in [0.25, 0.3) is 0 Å². The van der Waals surface area contributed by atoms with Crippen molar-refractivity contribution in [3.8, 4) is 0 Å². The zero-order valence-corrected chi connectivity index (χ0v) is 16.9. The molecule has 0 N–H and O–H groups in total. The predicted molar refractivity (Wildman–Crippen MR) is 121 cm³/mol. The molecule has 0 aromatic heterocycles. The highest BCUT2D eigenvalue weighted by Crippen LogP contribution is 2.03. The highest BCUT2D eigenvalue weighted by Gasteiger charge is 2.15. The highest BCUT2D eigenvalue weighted by atomic mass is 16.4. The molecule has 0 fully saturated rings. The van der Waals surface area contributed by atoms with Crippen LogP contribution in [0.1, 0.15) is 0 Å². The Kier molecular flexibility index (Phi) is 26.8. The van der Waals surface area contributed by atoms with E-state index in [9.17, 15) is 0 Å². The Hall–Kier alpha value is 0.409. The largest absolute Gasteiger partial charge is 0.453 e. The molecule has 12 radical (unpaired) electrons. The molecule has 0 rings (SSSR count). The van der Waals surface area contributed by atoms with Crippen molar-refractivity contribution in [3.63, 3.8) is 0 Å². The Morgan fingerprint density at radius 3 is 1.26 bits per heavy atom. The third-order valence-corrected chi connectivity index (χ3v) is 3.70. The average Bonchev–Trinajstić information content (AvgIpc) is 2.66. The Morgan fingerprint density at radius 1 is 0.667 bits per heavy atom. The lowest BCUT2D eigenvalue weighted by Crippen LogP contribution is -2.35. The summed E-state index contributed by atoms with van der Waals surface area (Å²) >= 11 is 0. The van der Waals surface area contributed by atoms with Crippen LogP contribution in [0.2, 0.25) is 25.3 Å². The first-order chi connectivity index (χ1) is 13.1. The molecule has 0 amide bonds. The first-order valence-electron chi connectivity index (χ1n) is 8.86. The van der Waals surface area contributed by atoms with Gasteiger partial charge < -0.3 is 28.1 Å². The Bertz CT molecular complexity index is 268. The van der Waals surface area contributed by atoms with Gasteiger partial charge in [-0.1, -0.05) is 0 Å². The molecule has 0 aliphatic rings. The van der Waals surface area contributed by atoms with Gasteiger partial charge in [0.25, 0.3) is 6.92 Å². The van der Waals surface area contributed by atoms with Gasteiger partial charge in [0.05, 0.1) is 30.9 Å². The van der Waals surface area contributed by atoms with Crippen molar-refractivity contribution < 1.29 is 23.3 Å². The Morgan fingerprint density at radius 2 is 1.00 bits per heavy atom. The van der Waals surface area contributed by atoms with E-state index in [1.165, 1.54) is 29.5 Å². The maximum Gasteiger partial charge on any atom is 0.297 e. The van der Waals surface area contributed by atoms with Crippen molar-refractivity contribution in [1.29, 1.82) is 0 Å². The van der Waals surface area contributed by atoms with E-state index in [0.717, 1.165) is 25.3 Å². The van der Waals surface area contributed by atoms with E-state index in [2.05, 4.69) is 4.81 Å². The lowest BCUT2D eigenvalue weighted by molar-refractivity contribution is 0.333. The molecule has 134 valence electrons. The fraction of sp³-hybridized carbons (Fsp3) is 1.00. The summed E-state index contributed by atoms with van der Waals surface area (Å²) in [7, 11) is 30.8. The van der Waals surface area contributed by atoms with Gasteiger partial charge in [-0.2, -0.15) is 0 Å². The third-order valence-electron chi connectivity index (χ3n) is 3.70. The van der Waals surface area contributed by atoms with Gasteiger partial charge in [0, 0.05) is 33.5 Å². The van der Waals surface area contributed by atoms with Crippen LogP contribution in [-0.2, 0) is 23.3 Å². The van der Waals surface area contributed by atoms with E-state index in [1.807, 2.05) is 14.1 Å². The lowest BCUT2D eigenvalue weighted by atomic mass is 9.55. The quantitative estimate of drug-likeness (QED) is 0.209. The predicted octanol–water partition coefficient (Wildman–Crippen LogP) is -1.96. The summed E-state index contributed by atoms with van der Waals surface area (Å²) in [5.41, 5.74) is 0. The van der Waals surface area contributed by atoms with Crippen molar-refractivity contribution in [2.24, 2.45) is 0 Å². The maximum atomic E-state index is 5.17. The van der Waals surface area contributed by atoms with Crippen LogP contribution >= 0.6 is 0 Å². The molecule has 16 heteroatoms. The maximum absolute atomic E-state index is 5.17. The zero-order valence-electron chi connectivity index (χ0n) is 16.9. The van der Waals surface area contributed by atoms with E-state index < -0.39 is 0 Å². The fourth-order valence-corrected chi connectivity index (χ4v) is 2.12. The minimum atomic E-state index is 0.125.